The molecule has 3 saturated carbocycles. The predicted molar refractivity (Wildman–Crippen MR) is 120 cm³/mol. The molecule has 11 atom stereocenters. The summed E-state index contributed by atoms with van der Waals surface area (Å²) in [4.78, 5) is 13.2. The van der Waals surface area contributed by atoms with E-state index in [2.05, 4.69) is 33.0 Å². The van der Waals surface area contributed by atoms with Crippen molar-refractivity contribution in [3.8, 4) is 0 Å². The fourth-order valence-corrected chi connectivity index (χ4v) is 9.46. The molecule has 2 N–H and O–H groups in total. The van der Waals surface area contributed by atoms with E-state index in [-0.39, 0.29) is 23.0 Å². The molecule has 5 fully saturated rings. The summed E-state index contributed by atoms with van der Waals surface area (Å²) in [6, 6.07) is 0.482. The highest BCUT2D eigenvalue weighted by Crippen LogP contribution is 2.65. The lowest BCUT2D eigenvalue weighted by Gasteiger charge is -2.52. The zero-order valence-electron chi connectivity index (χ0n) is 19.8. The Labute approximate surface area is 187 Å². The summed E-state index contributed by atoms with van der Waals surface area (Å²) in [5, 5.41) is 14.1. The van der Waals surface area contributed by atoms with Gasteiger partial charge in [-0.25, -0.2) is 0 Å². The molecule has 0 unspecified atom stereocenters. The van der Waals surface area contributed by atoms with Gasteiger partial charge in [0, 0.05) is 24.3 Å². The Balaban J connectivity index is 1.35. The second-order valence-corrected chi connectivity index (χ2v) is 12.5. The SMILES string of the molecule is CC1=C2C[C@H]3[C@@H](CC(=O)[C@H]4C[C@@H](O)CC[C@@]43C)[C@@H]2CC[C@]12O[C@@H]1C[C@H](C)CN[C@H]1[C@H]2C. The number of ketones is 1. The number of piperidine rings is 1. The molecule has 2 saturated heterocycles. The fourth-order valence-electron chi connectivity index (χ4n) is 9.46. The standard InChI is InChI=1S/C27H41NO3/c1-14-9-24-25(28-13-14)16(3)27(31-24)8-6-18-19(15(27)2)11-21-20(18)12-23(30)22-10-17(29)5-7-26(21,22)4/h14,16-18,20-22,24-25,28-29H,5-13H2,1-4H3/t14-,16+,17-,18+,20-,21-,22+,24+,25-,26+,27-/m0/s1. The molecule has 0 amide bonds. The third kappa shape index (κ3) is 2.74. The number of hydrogen-bond acceptors (Lipinski definition) is 4. The van der Waals surface area contributed by atoms with Gasteiger partial charge in [0.15, 0.2) is 0 Å². The van der Waals surface area contributed by atoms with Gasteiger partial charge >= 0.3 is 0 Å². The van der Waals surface area contributed by atoms with Crippen molar-refractivity contribution in [2.24, 2.45) is 40.9 Å². The van der Waals surface area contributed by atoms with E-state index in [9.17, 15) is 9.90 Å². The Morgan fingerprint density at radius 2 is 1.94 bits per heavy atom. The minimum absolute atomic E-state index is 0.0720. The van der Waals surface area contributed by atoms with Crippen LogP contribution in [0.3, 0.4) is 0 Å². The molecule has 0 aromatic carbocycles. The second-order valence-electron chi connectivity index (χ2n) is 12.5. The molecule has 31 heavy (non-hydrogen) atoms. The minimum Gasteiger partial charge on any atom is -0.393 e. The van der Waals surface area contributed by atoms with Gasteiger partial charge in [-0.2, -0.15) is 0 Å². The fraction of sp³-hybridized carbons (Fsp3) is 0.889. The van der Waals surface area contributed by atoms with Crippen molar-refractivity contribution in [2.75, 3.05) is 6.54 Å². The number of carbonyl (C=O) groups excluding carboxylic acids is 1. The van der Waals surface area contributed by atoms with Crippen LogP contribution in [0.2, 0.25) is 0 Å². The Morgan fingerprint density at radius 1 is 1.13 bits per heavy atom. The molecule has 6 rings (SSSR count). The predicted octanol–water partition coefficient (Wildman–Crippen LogP) is 4.26. The molecule has 2 heterocycles. The number of Topliss-reactive ketones (excluding diaryl/α,β-unsaturated/α-hetero) is 1. The first-order valence-electron chi connectivity index (χ1n) is 13.1. The molecule has 0 radical (unpaired) electrons. The van der Waals surface area contributed by atoms with E-state index >= 15 is 0 Å². The molecule has 0 bridgehead atoms. The van der Waals surface area contributed by atoms with Crippen LogP contribution in [0.5, 0.6) is 0 Å². The van der Waals surface area contributed by atoms with Crippen molar-refractivity contribution in [3.05, 3.63) is 11.1 Å². The quantitative estimate of drug-likeness (QED) is 0.567. The lowest BCUT2D eigenvalue weighted by molar-refractivity contribution is -0.145. The number of carbonyl (C=O) groups is 1. The van der Waals surface area contributed by atoms with Crippen LogP contribution in [0.4, 0.5) is 0 Å². The van der Waals surface area contributed by atoms with E-state index in [0.717, 1.165) is 38.6 Å². The molecule has 6 aliphatic rings. The number of fused-ring (bicyclic) bond motifs is 6. The number of ether oxygens (including phenoxy) is 1. The van der Waals surface area contributed by atoms with Gasteiger partial charge in [0.2, 0.25) is 0 Å². The Bertz CT molecular complexity index is 821. The normalized spacial score (nSPS) is 56.3. The Hall–Kier alpha value is -0.710. The molecule has 0 aromatic rings. The van der Waals surface area contributed by atoms with Gasteiger partial charge in [-0.15, -0.1) is 0 Å². The number of rotatable bonds is 0. The van der Waals surface area contributed by atoms with Crippen molar-refractivity contribution in [1.82, 2.24) is 5.32 Å². The van der Waals surface area contributed by atoms with Crippen LogP contribution in [0, 0.1) is 40.9 Å². The molecule has 4 nitrogen and oxygen atoms in total. The van der Waals surface area contributed by atoms with Crippen molar-refractivity contribution in [2.45, 2.75) is 103 Å². The van der Waals surface area contributed by atoms with E-state index in [0.29, 0.717) is 53.9 Å². The zero-order chi connectivity index (χ0) is 21.7. The molecule has 172 valence electrons. The number of aliphatic hydroxyl groups is 1. The first-order valence-corrected chi connectivity index (χ1v) is 13.1. The number of allylic oxidation sites excluding steroid dienone is 1. The van der Waals surface area contributed by atoms with Crippen LogP contribution >= 0.6 is 0 Å². The summed E-state index contributed by atoms with van der Waals surface area (Å²) in [6.07, 6.45) is 8.02. The maximum atomic E-state index is 13.2. The molecule has 1 spiro atoms. The van der Waals surface area contributed by atoms with E-state index in [4.69, 9.17) is 4.74 Å². The van der Waals surface area contributed by atoms with E-state index < -0.39 is 0 Å². The number of aliphatic hydroxyl groups excluding tert-OH is 1. The van der Waals surface area contributed by atoms with Gasteiger partial charge in [0.1, 0.15) is 5.78 Å². The van der Waals surface area contributed by atoms with Gasteiger partial charge in [-0.05, 0) is 93.1 Å². The Kier molecular flexibility index (Phi) is 4.64. The minimum atomic E-state index is -0.280. The zero-order valence-corrected chi connectivity index (χ0v) is 19.8. The van der Waals surface area contributed by atoms with Crippen molar-refractivity contribution in [3.63, 3.8) is 0 Å². The van der Waals surface area contributed by atoms with Crippen LogP contribution < -0.4 is 5.32 Å². The number of nitrogens with one attached hydrogen (secondary N) is 1. The highest BCUT2D eigenvalue weighted by Gasteiger charge is 2.62. The largest absolute Gasteiger partial charge is 0.393 e. The topological polar surface area (TPSA) is 58.6 Å². The summed E-state index contributed by atoms with van der Waals surface area (Å²) < 4.78 is 7.00. The van der Waals surface area contributed by atoms with Crippen LogP contribution in [0.15, 0.2) is 11.1 Å². The van der Waals surface area contributed by atoms with Crippen molar-refractivity contribution < 1.29 is 14.6 Å². The highest BCUT2D eigenvalue weighted by molar-refractivity contribution is 5.83. The first-order chi connectivity index (χ1) is 14.7. The molecule has 4 aliphatic carbocycles. The average Bonchev–Trinajstić information content (AvgIpc) is 3.23. The van der Waals surface area contributed by atoms with Gasteiger partial charge in [0.05, 0.1) is 17.8 Å². The van der Waals surface area contributed by atoms with Gasteiger partial charge < -0.3 is 15.2 Å². The van der Waals surface area contributed by atoms with Gasteiger partial charge in [-0.3, -0.25) is 4.79 Å². The Morgan fingerprint density at radius 3 is 2.74 bits per heavy atom. The monoisotopic (exact) mass is 427 g/mol. The van der Waals surface area contributed by atoms with Crippen LogP contribution in [-0.4, -0.2) is 41.3 Å². The first kappa shape index (κ1) is 20.9. The maximum Gasteiger partial charge on any atom is 0.136 e. The third-order valence-electron chi connectivity index (χ3n) is 11.2. The second kappa shape index (κ2) is 6.90. The molecule has 0 aromatic heterocycles. The van der Waals surface area contributed by atoms with Crippen molar-refractivity contribution >= 4 is 5.78 Å². The average molecular weight is 428 g/mol. The molecule has 4 heteroatoms. The summed E-state index contributed by atoms with van der Waals surface area (Å²) in [5.74, 6) is 3.41. The highest BCUT2D eigenvalue weighted by atomic mass is 16.5. The summed E-state index contributed by atoms with van der Waals surface area (Å²) in [7, 11) is 0. The molecular formula is C27H41NO3. The van der Waals surface area contributed by atoms with Crippen molar-refractivity contribution in [1.29, 1.82) is 0 Å². The lowest BCUT2D eigenvalue weighted by atomic mass is 9.51. The van der Waals surface area contributed by atoms with Crippen LogP contribution in [0.1, 0.15) is 79.1 Å². The van der Waals surface area contributed by atoms with E-state index in [1.54, 1.807) is 5.57 Å². The lowest BCUT2D eigenvalue weighted by Crippen LogP contribution is -2.51. The van der Waals surface area contributed by atoms with Crippen LogP contribution in [0.25, 0.3) is 0 Å². The van der Waals surface area contributed by atoms with Crippen LogP contribution in [-0.2, 0) is 9.53 Å². The molecular weight excluding hydrogens is 386 g/mol. The van der Waals surface area contributed by atoms with E-state index in [1.165, 1.54) is 18.4 Å². The molecule has 2 aliphatic heterocycles. The van der Waals surface area contributed by atoms with E-state index in [1.807, 2.05) is 0 Å². The summed E-state index contributed by atoms with van der Waals surface area (Å²) in [6.45, 7) is 10.6. The van der Waals surface area contributed by atoms with Gasteiger partial charge in [0.25, 0.3) is 0 Å². The number of hydrogen-bond donors (Lipinski definition) is 2. The van der Waals surface area contributed by atoms with Gasteiger partial charge in [-0.1, -0.05) is 26.3 Å². The third-order valence-corrected chi connectivity index (χ3v) is 11.2. The smallest absolute Gasteiger partial charge is 0.136 e. The maximum absolute atomic E-state index is 13.2. The summed E-state index contributed by atoms with van der Waals surface area (Å²) in [5.41, 5.74) is 3.15. The summed E-state index contributed by atoms with van der Waals surface area (Å²) >= 11 is 0.